The lowest BCUT2D eigenvalue weighted by atomic mass is 9.97. The maximum atomic E-state index is 14.0. The molecule has 5 heteroatoms. The van der Waals surface area contributed by atoms with Crippen molar-refractivity contribution < 1.29 is 14.0 Å². The molecule has 1 fully saturated rings. The zero-order chi connectivity index (χ0) is 14.6. The van der Waals surface area contributed by atoms with Gasteiger partial charge in [-0.25, -0.2) is 4.39 Å². The zero-order valence-corrected chi connectivity index (χ0v) is 11.2. The molecule has 21 heavy (non-hydrogen) atoms. The predicted molar refractivity (Wildman–Crippen MR) is 74.2 cm³/mol. The molecule has 0 spiro atoms. The molecule has 2 heterocycles. The average molecular weight is 284 g/mol. The van der Waals surface area contributed by atoms with E-state index in [1.54, 1.807) is 24.3 Å². The highest BCUT2D eigenvalue weighted by molar-refractivity contribution is 6.26. The highest BCUT2D eigenvalue weighted by atomic mass is 19.1. The Morgan fingerprint density at radius 2 is 1.90 bits per heavy atom. The number of allylic oxidation sites excluding steroid dienone is 1. The van der Waals surface area contributed by atoms with Crippen LogP contribution in [0.3, 0.4) is 0 Å². The largest absolute Gasteiger partial charge is 0.359 e. The van der Waals surface area contributed by atoms with Gasteiger partial charge in [0.2, 0.25) is 0 Å². The molecule has 1 aromatic rings. The Hall–Kier alpha value is -2.43. The van der Waals surface area contributed by atoms with E-state index < -0.39 is 17.8 Å². The van der Waals surface area contributed by atoms with E-state index in [4.69, 9.17) is 0 Å². The molecule has 1 aliphatic carbocycles. The summed E-state index contributed by atoms with van der Waals surface area (Å²) in [5.74, 6) is -0.663. The summed E-state index contributed by atoms with van der Waals surface area (Å²) in [5, 5.41) is 5.81. The van der Waals surface area contributed by atoms with Gasteiger partial charge in [-0.05, 0) is 24.8 Å². The van der Waals surface area contributed by atoms with Gasteiger partial charge >= 0.3 is 0 Å². The third-order valence-corrected chi connectivity index (χ3v) is 4.08. The van der Waals surface area contributed by atoms with Crippen molar-refractivity contribution in [2.75, 3.05) is 0 Å². The summed E-state index contributed by atoms with van der Waals surface area (Å²) in [4.78, 5) is 24.3. The van der Waals surface area contributed by atoms with Crippen molar-refractivity contribution in [2.45, 2.75) is 18.9 Å². The number of halogens is 1. The van der Waals surface area contributed by atoms with Gasteiger partial charge in [0.15, 0.2) is 5.78 Å². The summed E-state index contributed by atoms with van der Waals surface area (Å²) in [5.41, 5.74) is 1.79. The van der Waals surface area contributed by atoms with Crippen LogP contribution in [0.5, 0.6) is 0 Å². The quantitative estimate of drug-likeness (QED) is 0.865. The maximum Gasteiger partial charge on any atom is 0.254 e. The van der Waals surface area contributed by atoms with Gasteiger partial charge in [0.25, 0.3) is 5.91 Å². The number of fused-ring (bicyclic) bond motifs is 1. The fourth-order valence-corrected chi connectivity index (χ4v) is 2.86. The Balaban J connectivity index is 1.85. The topological polar surface area (TPSA) is 58.2 Å². The second kappa shape index (κ2) is 4.28. The van der Waals surface area contributed by atoms with Crippen molar-refractivity contribution in [1.29, 1.82) is 0 Å². The van der Waals surface area contributed by atoms with Crippen molar-refractivity contribution in [2.24, 2.45) is 5.92 Å². The van der Waals surface area contributed by atoms with E-state index in [9.17, 15) is 14.0 Å². The summed E-state index contributed by atoms with van der Waals surface area (Å²) in [6.45, 7) is 0. The van der Waals surface area contributed by atoms with Crippen molar-refractivity contribution in [3.05, 3.63) is 53.1 Å². The number of rotatable bonds is 2. The van der Waals surface area contributed by atoms with Crippen LogP contribution in [0.4, 0.5) is 4.39 Å². The second-order valence-electron chi connectivity index (χ2n) is 5.58. The van der Waals surface area contributed by atoms with Crippen molar-refractivity contribution in [3.63, 3.8) is 0 Å². The monoisotopic (exact) mass is 284 g/mol. The van der Waals surface area contributed by atoms with Crippen LogP contribution in [-0.2, 0) is 9.59 Å². The van der Waals surface area contributed by atoms with E-state index in [2.05, 4.69) is 10.6 Å². The third kappa shape index (κ3) is 1.88. The normalized spacial score (nSPS) is 24.4. The molecular formula is C16H13FN2O2. The number of nitrogens with one attached hydrogen (secondary N) is 2. The molecule has 0 unspecified atom stereocenters. The lowest BCUT2D eigenvalue weighted by molar-refractivity contribution is -0.120. The van der Waals surface area contributed by atoms with Crippen molar-refractivity contribution in [1.82, 2.24) is 10.6 Å². The molecule has 2 aliphatic heterocycles. The van der Waals surface area contributed by atoms with Crippen LogP contribution >= 0.6 is 0 Å². The Kier molecular flexibility index (Phi) is 2.51. The lowest BCUT2D eigenvalue weighted by Gasteiger charge is -2.22. The molecule has 0 saturated heterocycles. The SMILES string of the molecule is O=C1N[C@@H]2C(=O)C=C(C3CC3)NC2=C1c1ccccc1F. The van der Waals surface area contributed by atoms with E-state index in [0.717, 1.165) is 18.5 Å². The minimum absolute atomic E-state index is 0.148. The van der Waals surface area contributed by atoms with Crippen molar-refractivity contribution in [3.8, 4) is 0 Å². The number of carbonyl (C=O) groups is 2. The first-order valence-corrected chi connectivity index (χ1v) is 6.97. The highest BCUT2D eigenvalue weighted by Crippen LogP contribution is 2.39. The van der Waals surface area contributed by atoms with Crippen LogP contribution in [-0.4, -0.2) is 17.7 Å². The van der Waals surface area contributed by atoms with Crippen molar-refractivity contribution >= 4 is 17.3 Å². The smallest absolute Gasteiger partial charge is 0.254 e. The Labute approximate surface area is 120 Å². The van der Waals surface area contributed by atoms with Gasteiger partial charge in [0.1, 0.15) is 11.9 Å². The van der Waals surface area contributed by atoms with Gasteiger partial charge < -0.3 is 10.6 Å². The maximum absolute atomic E-state index is 14.0. The molecule has 1 saturated carbocycles. The first kappa shape index (κ1) is 12.3. The first-order valence-electron chi connectivity index (χ1n) is 6.97. The van der Waals surface area contributed by atoms with E-state index in [1.165, 1.54) is 6.07 Å². The van der Waals surface area contributed by atoms with E-state index in [1.807, 2.05) is 0 Å². The summed E-state index contributed by atoms with van der Waals surface area (Å²) in [6.07, 6.45) is 3.65. The fraction of sp³-hybridized carbons (Fsp3) is 0.250. The summed E-state index contributed by atoms with van der Waals surface area (Å²) < 4.78 is 14.0. The zero-order valence-electron chi connectivity index (χ0n) is 11.2. The summed E-state index contributed by atoms with van der Waals surface area (Å²) in [7, 11) is 0. The molecule has 0 bridgehead atoms. The molecule has 1 aromatic carbocycles. The van der Waals surface area contributed by atoms with Crippen LogP contribution in [0.15, 0.2) is 41.7 Å². The van der Waals surface area contributed by atoms with Gasteiger partial charge in [0.05, 0.1) is 11.3 Å². The summed E-state index contributed by atoms with van der Waals surface area (Å²) >= 11 is 0. The second-order valence-corrected chi connectivity index (χ2v) is 5.58. The van der Waals surface area contributed by atoms with Crippen LogP contribution in [0.1, 0.15) is 18.4 Å². The van der Waals surface area contributed by atoms with Crippen LogP contribution < -0.4 is 10.6 Å². The van der Waals surface area contributed by atoms with Gasteiger partial charge in [-0.15, -0.1) is 0 Å². The first-order chi connectivity index (χ1) is 10.1. The molecule has 2 N–H and O–H groups in total. The number of benzene rings is 1. The predicted octanol–water partition coefficient (Wildman–Crippen LogP) is 1.50. The average Bonchev–Trinajstić information content (AvgIpc) is 3.24. The molecular weight excluding hydrogens is 271 g/mol. The van der Waals surface area contributed by atoms with E-state index in [0.29, 0.717) is 11.6 Å². The number of carbonyl (C=O) groups excluding carboxylic acids is 2. The Morgan fingerprint density at radius 1 is 1.14 bits per heavy atom. The lowest BCUT2D eigenvalue weighted by Crippen LogP contribution is -2.42. The van der Waals surface area contributed by atoms with Gasteiger partial charge in [-0.2, -0.15) is 0 Å². The Bertz CT molecular complexity index is 732. The number of amides is 1. The van der Waals surface area contributed by atoms with Gasteiger partial charge in [-0.1, -0.05) is 18.2 Å². The third-order valence-electron chi connectivity index (χ3n) is 4.08. The standard InChI is InChI=1S/C16H13FN2O2/c17-10-4-2-1-3-9(10)13-15-14(19-16(13)21)12(20)7-11(18-15)8-5-6-8/h1-4,7-8,14,18H,5-6H2,(H,19,21)/t14-/m1/s1. The van der Waals surface area contributed by atoms with Crippen LogP contribution in [0, 0.1) is 11.7 Å². The van der Waals surface area contributed by atoms with E-state index >= 15 is 0 Å². The highest BCUT2D eigenvalue weighted by Gasteiger charge is 2.42. The van der Waals surface area contributed by atoms with Gasteiger partial charge in [-0.3, -0.25) is 9.59 Å². The molecule has 0 aromatic heterocycles. The molecule has 1 atom stereocenters. The fourth-order valence-electron chi connectivity index (χ4n) is 2.86. The molecule has 4 rings (SSSR count). The molecule has 4 nitrogen and oxygen atoms in total. The molecule has 106 valence electrons. The molecule has 3 aliphatic rings. The number of hydrogen-bond donors (Lipinski definition) is 2. The number of hydrogen-bond acceptors (Lipinski definition) is 3. The van der Waals surface area contributed by atoms with E-state index in [-0.39, 0.29) is 16.9 Å². The minimum atomic E-state index is -0.713. The van der Waals surface area contributed by atoms with Crippen LogP contribution in [0.25, 0.3) is 5.57 Å². The minimum Gasteiger partial charge on any atom is -0.359 e. The van der Waals surface area contributed by atoms with Gasteiger partial charge in [0, 0.05) is 17.3 Å². The van der Waals surface area contributed by atoms with Crippen LogP contribution in [0.2, 0.25) is 0 Å². The number of ketones is 1. The molecule has 1 amide bonds. The molecule has 0 radical (unpaired) electrons. The summed E-state index contributed by atoms with van der Waals surface area (Å²) in [6, 6.07) is 5.40. The Morgan fingerprint density at radius 3 is 2.62 bits per heavy atom.